The molecule has 2 aromatic heterocycles. The smallest absolute Gasteiger partial charge is 0.323 e. The summed E-state index contributed by atoms with van der Waals surface area (Å²) in [6, 6.07) is 15.0. The summed E-state index contributed by atoms with van der Waals surface area (Å²) in [5, 5.41) is 18.4. The van der Waals surface area contributed by atoms with Gasteiger partial charge in [-0.2, -0.15) is 0 Å². The number of fused-ring (bicyclic) bond motifs is 3. The van der Waals surface area contributed by atoms with E-state index in [1.165, 1.54) is 11.8 Å². The summed E-state index contributed by atoms with van der Waals surface area (Å²) in [5.74, 6) is 1.82. The van der Waals surface area contributed by atoms with E-state index in [2.05, 4.69) is 10.2 Å². The second-order valence-corrected chi connectivity index (χ2v) is 7.02. The van der Waals surface area contributed by atoms with Crippen molar-refractivity contribution in [3.05, 3.63) is 48.5 Å². The SMILES string of the molecule is COc1ccc(OCCSc2nnc3n(CC(=O)O)c4ccccc4n23)cc1. The molecular formula is C19H18N4O4S. The van der Waals surface area contributed by atoms with Gasteiger partial charge in [-0.05, 0) is 36.4 Å². The Morgan fingerprint density at radius 2 is 1.79 bits per heavy atom. The van der Waals surface area contributed by atoms with Crippen molar-refractivity contribution in [2.75, 3.05) is 19.5 Å². The number of aromatic nitrogens is 4. The van der Waals surface area contributed by atoms with Gasteiger partial charge in [-0.1, -0.05) is 23.9 Å². The highest BCUT2D eigenvalue weighted by atomic mass is 32.2. The topological polar surface area (TPSA) is 90.9 Å². The highest BCUT2D eigenvalue weighted by Gasteiger charge is 2.18. The Labute approximate surface area is 164 Å². The zero-order chi connectivity index (χ0) is 19.5. The molecule has 0 saturated heterocycles. The van der Waals surface area contributed by atoms with Crippen LogP contribution in [0.25, 0.3) is 16.8 Å². The van der Waals surface area contributed by atoms with Gasteiger partial charge in [0.15, 0.2) is 5.16 Å². The number of aliphatic carboxylic acids is 1. The van der Waals surface area contributed by atoms with Crippen molar-refractivity contribution < 1.29 is 19.4 Å². The summed E-state index contributed by atoms with van der Waals surface area (Å²) < 4.78 is 14.4. The van der Waals surface area contributed by atoms with Gasteiger partial charge in [0.2, 0.25) is 5.78 Å². The molecule has 0 aliphatic carbocycles. The fourth-order valence-electron chi connectivity index (χ4n) is 2.99. The van der Waals surface area contributed by atoms with Gasteiger partial charge in [0.1, 0.15) is 18.0 Å². The summed E-state index contributed by atoms with van der Waals surface area (Å²) in [4.78, 5) is 11.2. The van der Waals surface area contributed by atoms with Crippen molar-refractivity contribution in [1.29, 1.82) is 0 Å². The van der Waals surface area contributed by atoms with Crippen molar-refractivity contribution >= 4 is 34.5 Å². The van der Waals surface area contributed by atoms with E-state index in [1.54, 1.807) is 11.7 Å². The standard InChI is InChI=1S/C19H18N4O4S/c1-26-13-6-8-14(9-7-13)27-10-11-28-19-21-20-18-22(12-17(24)25)15-4-2-3-5-16(15)23(18)19/h2-9H,10-12H2,1H3,(H,24,25). The van der Waals surface area contributed by atoms with Crippen LogP contribution < -0.4 is 9.47 Å². The van der Waals surface area contributed by atoms with Crippen LogP contribution in [-0.2, 0) is 11.3 Å². The Balaban J connectivity index is 1.50. The molecule has 2 aromatic carbocycles. The highest BCUT2D eigenvalue weighted by molar-refractivity contribution is 7.99. The van der Waals surface area contributed by atoms with Crippen molar-refractivity contribution in [2.45, 2.75) is 11.7 Å². The fraction of sp³-hybridized carbons (Fsp3) is 0.211. The number of hydrogen-bond donors (Lipinski definition) is 1. The third-order valence-corrected chi connectivity index (χ3v) is 5.10. The molecule has 0 saturated carbocycles. The van der Waals surface area contributed by atoms with Gasteiger partial charge in [-0.3, -0.25) is 13.8 Å². The molecule has 0 fully saturated rings. The lowest BCUT2D eigenvalue weighted by atomic mass is 10.3. The van der Waals surface area contributed by atoms with E-state index in [9.17, 15) is 9.90 Å². The maximum Gasteiger partial charge on any atom is 0.323 e. The Bertz CT molecular complexity index is 1120. The number of imidazole rings is 1. The van der Waals surface area contributed by atoms with Crippen LogP contribution >= 0.6 is 11.8 Å². The number of carbonyl (C=O) groups is 1. The van der Waals surface area contributed by atoms with Gasteiger partial charge in [0.25, 0.3) is 0 Å². The summed E-state index contributed by atoms with van der Waals surface area (Å²) in [6.45, 7) is 0.333. The number of carboxylic acid groups (broad SMARTS) is 1. The normalized spacial score (nSPS) is 11.2. The van der Waals surface area contributed by atoms with Gasteiger partial charge in [-0.25, -0.2) is 0 Å². The zero-order valence-electron chi connectivity index (χ0n) is 15.1. The molecule has 2 heterocycles. The molecule has 4 rings (SSSR count). The minimum Gasteiger partial charge on any atom is -0.497 e. The van der Waals surface area contributed by atoms with E-state index in [1.807, 2.05) is 52.9 Å². The van der Waals surface area contributed by atoms with Crippen molar-refractivity contribution in [3.8, 4) is 11.5 Å². The minimum absolute atomic E-state index is 0.166. The quantitative estimate of drug-likeness (QED) is 0.360. The van der Waals surface area contributed by atoms with E-state index in [-0.39, 0.29) is 6.54 Å². The molecule has 0 aliphatic rings. The maximum absolute atomic E-state index is 11.2. The lowest BCUT2D eigenvalue weighted by Gasteiger charge is -2.06. The molecular weight excluding hydrogens is 380 g/mol. The number of ether oxygens (including phenoxy) is 2. The minimum atomic E-state index is -0.923. The average molecular weight is 398 g/mol. The molecule has 0 spiro atoms. The third-order valence-electron chi connectivity index (χ3n) is 4.21. The van der Waals surface area contributed by atoms with Crippen molar-refractivity contribution in [1.82, 2.24) is 19.2 Å². The van der Waals surface area contributed by atoms with Gasteiger partial charge in [0, 0.05) is 5.75 Å². The Hall–Kier alpha value is -3.20. The van der Waals surface area contributed by atoms with Crippen LogP contribution in [0.2, 0.25) is 0 Å². The molecule has 8 nitrogen and oxygen atoms in total. The van der Waals surface area contributed by atoms with Gasteiger partial charge in [0.05, 0.1) is 24.8 Å². The van der Waals surface area contributed by atoms with Crippen LogP contribution in [0.4, 0.5) is 0 Å². The predicted octanol–water partition coefficient (Wildman–Crippen LogP) is 2.95. The summed E-state index contributed by atoms with van der Waals surface area (Å²) in [7, 11) is 1.62. The average Bonchev–Trinajstić information content (AvgIpc) is 3.25. The Kier molecular flexibility index (Phi) is 5.07. The second-order valence-electron chi connectivity index (χ2n) is 5.96. The molecule has 9 heteroatoms. The molecule has 4 aromatic rings. The van der Waals surface area contributed by atoms with Crippen LogP contribution in [0.3, 0.4) is 0 Å². The molecule has 1 N–H and O–H groups in total. The Morgan fingerprint density at radius 3 is 2.50 bits per heavy atom. The molecule has 0 radical (unpaired) electrons. The molecule has 28 heavy (non-hydrogen) atoms. The maximum atomic E-state index is 11.2. The zero-order valence-corrected chi connectivity index (χ0v) is 15.9. The molecule has 0 bridgehead atoms. The molecule has 0 atom stereocenters. The number of methoxy groups -OCH3 is 1. The van der Waals surface area contributed by atoms with Crippen LogP contribution in [-0.4, -0.2) is 49.7 Å². The Morgan fingerprint density at radius 1 is 1.07 bits per heavy atom. The number of para-hydroxylation sites is 2. The molecule has 144 valence electrons. The van der Waals surface area contributed by atoms with Gasteiger partial charge in [-0.15, -0.1) is 10.2 Å². The van der Waals surface area contributed by atoms with Crippen molar-refractivity contribution in [3.63, 3.8) is 0 Å². The van der Waals surface area contributed by atoms with E-state index < -0.39 is 5.97 Å². The lowest BCUT2D eigenvalue weighted by Crippen LogP contribution is -2.08. The number of hydrogen-bond acceptors (Lipinski definition) is 6. The van der Waals surface area contributed by atoms with E-state index in [4.69, 9.17) is 9.47 Å². The number of benzene rings is 2. The van der Waals surface area contributed by atoms with Crippen molar-refractivity contribution in [2.24, 2.45) is 0 Å². The van der Waals surface area contributed by atoms with Gasteiger partial charge < -0.3 is 14.6 Å². The molecule has 0 amide bonds. The lowest BCUT2D eigenvalue weighted by molar-refractivity contribution is -0.137. The predicted molar refractivity (Wildman–Crippen MR) is 105 cm³/mol. The van der Waals surface area contributed by atoms with E-state index in [0.717, 1.165) is 22.5 Å². The monoisotopic (exact) mass is 398 g/mol. The fourth-order valence-corrected chi connectivity index (χ4v) is 3.74. The summed E-state index contributed by atoms with van der Waals surface area (Å²) >= 11 is 1.51. The second kappa shape index (κ2) is 7.81. The summed E-state index contributed by atoms with van der Waals surface area (Å²) in [5.41, 5.74) is 1.69. The summed E-state index contributed by atoms with van der Waals surface area (Å²) in [6.07, 6.45) is 0. The van der Waals surface area contributed by atoms with Crippen LogP contribution in [0.1, 0.15) is 0 Å². The van der Waals surface area contributed by atoms with E-state index >= 15 is 0 Å². The number of carboxylic acids is 1. The molecule has 0 unspecified atom stereocenters. The number of nitrogens with zero attached hydrogens (tertiary/aromatic N) is 4. The van der Waals surface area contributed by atoms with Gasteiger partial charge >= 0.3 is 5.97 Å². The first-order valence-corrected chi connectivity index (χ1v) is 9.60. The number of thioether (sulfide) groups is 1. The highest BCUT2D eigenvalue weighted by Crippen LogP contribution is 2.26. The van der Waals surface area contributed by atoms with Crippen LogP contribution in [0, 0.1) is 0 Å². The third kappa shape index (κ3) is 3.48. The first-order chi connectivity index (χ1) is 13.7. The largest absolute Gasteiger partial charge is 0.497 e. The number of rotatable bonds is 8. The molecule has 0 aliphatic heterocycles. The van der Waals surface area contributed by atoms with Crippen LogP contribution in [0.15, 0.2) is 53.7 Å². The van der Waals surface area contributed by atoms with E-state index in [0.29, 0.717) is 23.3 Å². The first-order valence-electron chi connectivity index (χ1n) is 8.61. The van der Waals surface area contributed by atoms with Crippen LogP contribution in [0.5, 0.6) is 11.5 Å². The first kappa shape index (κ1) is 18.2.